The molecule has 10 heteroatoms. The number of Topliss-reactive ketones (excluding diaryl/α,β-unsaturated/α-hetero) is 1. The highest BCUT2D eigenvalue weighted by Crippen LogP contribution is 2.74. The zero-order chi connectivity index (χ0) is 44.3. The highest BCUT2D eigenvalue weighted by molar-refractivity contribution is 8.00. The lowest BCUT2D eigenvalue weighted by Gasteiger charge is -2.50. The van der Waals surface area contributed by atoms with E-state index >= 15 is 4.79 Å². The van der Waals surface area contributed by atoms with Gasteiger partial charge in [0, 0.05) is 65.3 Å². The number of ether oxygens (including phenoxy) is 4. The molecule has 4 heterocycles. The summed E-state index contributed by atoms with van der Waals surface area (Å²) in [6.45, 7) is 24.5. The molecule has 1 spiro atoms. The molecule has 62 heavy (non-hydrogen) atoms. The third-order valence-corrected chi connectivity index (χ3v) is 16.1. The van der Waals surface area contributed by atoms with Crippen LogP contribution in [0, 0.1) is 29.1 Å². The van der Waals surface area contributed by atoms with E-state index in [1.54, 1.807) is 18.7 Å². The average Bonchev–Trinajstić information content (AvgIpc) is 3.44. The summed E-state index contributed by atoms with van der Waals surface area (Å²) in [6, 6.07) is 8.36. The Kier molecular flexibility index (Phi) is 12.3. The van der Waals surface area contributed by atoms with E-state index in [0.29, 0.717) is 30.8 Å². The minimum absolute atomic E-state index is 0.0981. The molecule has 0 N–H and O–H groups in total. The zero-order valence-electron chi connectivity index (χ0n) is 38.9. The van der Waals surface area contributed by atoms with E-state index in [1.807, 2.05) is 6.08 Å². The van der Waals surface area contributed by atoms with Crippen LogP contribution in [0.4, 0.5) is 5.69 Å². The second-order valence-corrected chi connectivity index (χ2v) is 21.0. The summed E-state index contributed by atoms with van der Waals surface area (Å²) in [5.41, 5.74) is 5.22. The number of nitrogens with zero attached hydrogens (tertiary/aromatic N) is 3. The Labute approximate surface area is 374 Å². The van der Waals surface area contributed by atoms with Crippen LogP contribution in [0.1, 0.15) is 98.3 Å². The van der Waals surface area contributed by atoms with E-state index in [9.17, 15) is 4.79 Å². The molecule has 0 aromatic heterocycles. The molecule has 1 saturated heterocycles. The summed E-state index contributed by atoms with van der Waals surface area (Å²) in [7, 11) is 3.58. The van der Waals surface area contributed by atoms with Crippen LogP contribution in [-0.2, 0) is 20.7 Å². The maximum atomic E-state index is 15.5. The number of carbonyl (C=O) groups excluding carboxylic acids is 2. The second kappa shape index (κ2) is 17.1. The van der Waals surface area contributed by atoms with Gasteiger partial charge < -0.3 is 23.8 Å². The Hall–Kier alpha value is -4.12. The third kappa shape index (κ3) is 7.49. The lowest BCUT2D eigenvalue weighted by atomic mass is 9.66. The average molecular weight is 862 g/mol. The molecule has 3 fully saturated rings. The summed E-state index contributed by atoms with van der Waals surface area (Å²) in [5, 5.41) is -0.152. The number of esters is 1. The minimum Gasteiger partial charge on any atom is -0.491 e. The van der Waals surface area contributed by atoms with Crippen molar-refractivity contribution in [2.45, 2.75) is 109 Å². The van der Waals surface area contributed by atoms with Gasteiger partial charge in [-0.25, -0.2) is 4.79 Å². The van der Waals surface area contributed by atoms with Gasteiger partial charge in [0.25, 0.3) is 0 Å². The number of benzene rings is 2. The number of carbonyl (C=O) groups is 2. The molecule has 2 aliphatic carbocycles. The van der Waals surface area contributed by atoms with Crippen molar-refractivity contribution in [1.29, 1.82) is 0 Å². The number of likely N-dealkylation sites (N-methyl/N-ethyl adjacent to an activating group) is 1. The fraction of sp³-hybridized carbons (Fsp3) is 0.558. The van der Waals surface area contributed by atoms with Crippen LogP contribution in [0.15, 0.2) is 75.2 Å². The van der Waals surface area contributed by atoms with E-state index < -0.39 is 28.5 Å². The van der Waals surface area contributed by atoms with E-state index in [1.165, 1.54) is 18.3 Å². The number of allylic oxidation sites excluding steroid dienone is 5. The van der Waals surface area contributed by atoms with Crippen molar-refractivity contribution < 1.29 is 28.5 Å². The molecular formula is C52H67N3O6S. The molecule has 9 nitrogen and oxygen atoms in total. The fourth-order valence-electron chi connectivity index (χ4n) is 11.6. The summed E-state index contributed by atoms with van der Waals surface area (Å²) in [4.78, 5) is 40.0. The molecule has 332 valence electrons. The summed E-state index contributed by atoms with van der Waals surface area (Å²) in [6.07, 6.45) is 13.5. The molecule has 7 unspecified atom stereocenters. The standard InChI is InChI=1S/C52H67N3O6S/c1-31(2)15-14-23-50(8)24-22-36-43(60-50)35(20-18-32(3)4)45-40(44(36)59-30-29-55-27-25-54(10)26-28-55)42-41-48(62-39-17-13-12-16-38(39)53-42)51(9)46(33(5)6)52(41,61-45)37(47(51)56)21-19-34(7)49(57)58-11/h12-13,15-19,22,24,33,37,41,46,48H,14,20-21,23,25-30H2,1-11H3. The maximum Gasteiger partial charge on any atom is 0.333 e. The minimum atomic E-state index is -0.971. The van der Waals surface area contributed by atoms with E-state index in [4.69, 9.17) is 23.9 Å². The van der Waals surface area contributed by atoms with Crippen LogP contribution in [0.3, 0.4) is 0 Å². The monoisotopic (exact) mass is 861 g/mol. The van der Waals surface area contributed by atoms with Crippen LogP contribution in [0.25, 0.3) is 6.08 Å². The molecule has 0 radical (unpaired) electrons. The van der Waals surface area contributed by atoms with Gasteiger partial charge in [0.05, 0.1) is 41.5 Å². The first-order chi connectivity index (χ1) is 29.5. The number of para-hydroxylation sites is 1. The predicted octanol–water partition coefficient (Wildman–Crippen LogP) is 10.1. The van der Waals surface area contributed by atoms with Gasteiger partial charge in [0.15, 0.2) is 0 Å². The molecular weight excluding hydrogens is 795 g/mol. The first-order valence-electron chi connectivity index (χ1n) is 22.8. The van der Waals surface area contributed by atoms with Gasteiger partial charge in [0.2, 0.25) is 0 Å². The van der Waals surface area contributed by atoms with Gasteiger partial charge in [-0.1, -0.05) is 62.3 Å². The number of ketones is 1. The zero-order valence-corrected chi connectivity index (χ0v) is 39.7. The molecule has 6 aliphatic rings. The highest BCUT2D eigenvalue weighted by atomic mass is 32.2. The van der Waals surface area contributed by atoms with Crippen LogP contribution >= 0.6 is 11.8 Å². The molecule has 2 aromatic rings. The lowest BCUT2D eigenvalue weighted by Crippen LogP contribution is -2.60. The number of rotatable bonds is 13. The molecule has 8 rings (SSSR count). The molecule has 2 bridgehead atoms. The van der Waals surface area contributed by atoms with Crippen LogP contribution in [0.5, 0.6) is 17.2 Å². The Balaban J connectivity index is 1.40. The van der Waals surface area contributed by atoms with Crippen LogP contribution in [0.2, 0.25) is 0 Å². The van der Waals surface area contributed by atoms with Crippen molar-refractivity contribution >= 4 is 41.0 Å². The van der Waals surface area contributed by atoms with Crippen molar-refractivity contribution in [1.82, 2.24) is 9.80 Å². The Morgan fingerprint density at radius 2 is 1.73 bits per heavy atom. The van der Waals surface area contributed by atoms with Gasteiger partial charge in [0.1, 0.15) is 40.8 Å². The molecule has 7 atom stereocenters. The fourth-order valence-corrected chi connectivity index (χ4v) is 13.2. The van der Waals surface area contributed by atoms with E-state index in [-0.39, 0.29) is 28.8 Å². The van der Waals surface area contributed by atoms with Gasteiger partial charge in [-0.15, -0.1) is 11.8 Å². The Morgan fingerprint density at radius 1 is 1.00 bits per heavy atom. The SMILES string of the molecule is COC(=O)C(C)=CCC1C(=O)C2(C)C3Sc4ccccc4N=C4c5c(OCCN6CCN(C)CC6)c6c(c(CC=C(C)C)c5OC1(C43)C2C(C)C)OC(C)(CCC=C(C)C)C=C6. The Bertz CT molecular complexity index is 2280. The summed E-state index contributed by atoms with van der Waals surface area (Å²) < 4.78 is 27.7. The first kappa shape index (κ1) is 44.5. The van der Waals surface area contributed by atoms with Crippen molar-refractivity contribution in [3.63, 3.8) is 0 Å². The molecule has 0 amide bonds. The van der Waals surface area contributed by atoms with Crippen molar-refractivity contribution in [3.8, 4) is 17.2 Å². The van der Waals surface area contributed by atoms with Gasteiger partial charge in [-0.2, -0.15) is 0 Å². The number of aliphatic imine (C=N–C) groups is 1. The van der Waals surface area contributed by atoms with Crippen molar-refractivity contribution in [2.75, 3.05) is 53.5 Å². The summed E-state index contributed by atoms with van der Waals surface area (Å²) in [5.74, 6) is 1.18. The largest absolute Gasteiger partial charge is 0.491 e. The number of thioether (sulfide) groups is 1. The normalized spacial score (nSPS) is 29.6. The van der Waals surface area contributed by atoms with E-state index in [2.05, 4.69) is 121 Å². The van der Waals surface area contributed by atoms with Gasteiger partial charge >= 0.3 is 5.97 Å². The quantitative estimate of drug-likeness (QED) is 0.111. The second-order valence-electron chi connectivity index (χ2n) is 19.8. The highest BCUT2D eigenvalue weighted by Gasteiger charge is 2.82. The van der Waals surface area contributed by atoms with Crippen molar-refractivity contribution in [2.24, 2.45) is 34.1 Å². The first-order valence-corrected chi connectivity index (χ1v) is 23.7. The van der Waals surface area contributed by atoms with Crippen molar-refractivity contribution in [3.05, 3.63) is 82.0 Å². The number of methoxy groups -OCH3 is 1. The molecule has 2 saturated carbocycles. The van der Waals surface area contributed by atoms with Crippen LogP contribution < -0.4 is 14.2 Å². The van der Waals surface area contributed by atoms with Crippen LogP contribution in [-0.4, -0.2) is 97.2 Å². The molecule has 4 aliphatic heterocycles. The number of hydrogen-bond acceptors (Lipinski definition) is 10. The number of hydrogen-bond donors (Lipinski definition) is 0. The van der Waals surface area contributed by atoms with Gasteiger partial charge in [-0.05, 0) is 104 Å². The molecule has 2 aromatic carbocycles. The lowest BCUT2D eigenvalue weighted by molar-refractivity contribution is -0.136. The number of fused-ring (bicyclic) bond motifs is 6. The summed E-state index contributed by atoms with van der Waals surface area (Å²) >= 11 is 1.79. The smallest absolute Gasteiger partial charge is 0.333 e. The van der Waals surface area contributed by atoms with Gasteiger partial charge in [-0.3, -0.25) is 14.7 Å². The Morgan fingerprint density at radius 3 is 2.42 bits per heavy atom. The third-order valence-electron chi connectivity index (χ3n) is 14.5. The number of piperazine rings is 1. The topological polar surface area (TPSA) is 89.9 Å². The van der Waals surface area contributed by atoms with E-state index in [0.717, 1.165) is 90.0 Å². The maximum absolute atomic E-state index is 15.5. The predicted molar refractivity (Wildman–Crippen MR) is 250 cm³/mol.